The van der Waals surface area contributed by atoms with E-state index < -0.39 is 0 Å². The molecule has 98 valence electrons. The zero-order valence-electron chi connectivity index (χ0n) is 10.4. The second-order valence-electron chi connectivity index (χ2n) is 4.79. The van der Waals surface area contributed by atoms with E-state index in [0.717, 1.165) is 30.8 Å². The van der Waals surface area contributed by atoms with Crippen LogP contribution >= 0.6 is 11.6 Å². The van der Waals surface area contributed by atoms with Gasteiger partial charge in [-0.05, 0) is 31.0 Å². The van der Waals surface area contributed by atoms with E-state index in [1.807, 2.05) is 19.1 Å². The molecule has 1 aliphatic rings. The molecule has 1 aromatic carbocycles. The molecule has 0 saturated carbocycles. The summed E-state index contributed by atoms with van der Waals surface area (Å²) >= 11 is 5.91. The van der Waals surface area contributed by atoms with Gasteiger partial charge < -0.3 is 11.1 Å². The van der Waals surface area contributed by atoms with Crippen LogP contribution in [0, 0.1) is 6.92 Å². The topological polar surface area (TPSA) is 58.4 Å². The fourth-order valence-electron chi connectivity index (χ4n) is 2.13. The maximum atomic E-state index is 11.9. The Kier molecular flexibility index (Phi) is 4.22. The van der Waals surface area contributed by atoms with Crippen molar-refractivity contribution in [2.24, 2.45) is 5.73 Å². The van der Waals surface area contributed by atoms with Crippen LogP contribution in [0.15, 0.2) is 18.2 Å². The molecule has 1 fully saturated rings. The van der Waals surface area contributed by atoms with E-state index in [1.54, 1.807) is 6.07 Å². The van der Waals surface area contributed by atoms with Crippen LogP contribution in [0.3, 0.4) is 0 Å². The highest BCUT2D eigenvalue weighted by molar-refractivity contribution is 6.31. The molecule has 1 heterocycles. The summed E-state index contributed by atoms with van der Waals surface area (Å²) in [6.07, 6.45) is 0.962. The number of nitrogens with two attached hydrogens (primary N) is 1. The molecular formula is C13H18ClN3O. The van der Waals surface area contributed by atoms with Gasteiger partial charge in [-0.1, -0.05) is 17.7 Å². The first-order valence-electron chi connectivity index (χ1n) is 6.08. The van der Waals surface area contributed by atoms with Crippen molar-refractivity contribution in [3.05, 3.63) is 28.8 Å². The number of anilines is 1. The lowest BCUT2D eigenvalue weighted by Gasteiger charge is -2.15. The number of halogens is 1. The van der Waals surface area contributed by atoms with Crippen LogP contribution in [0.25, 0.3) is 0 Å². The van der Waals surface area contributed by atoms with Crippen molar-refractivity contribution >= 4 is 23.2 Å². The summed E-state index contributed by atoms with van der Waals surface area (Å²) in [6.45, 7) is 4.02. The SMILES string of the molecule is Cc1ccc(Cl)cc1NC(=O)CN1CCC(N)C1. The first-order chi connectivity index (χ1) is 8.54. The lowest BCUT2D eigenvalue weighted by Crippen LogP contribution is -2.33. The number of nitrogens with one attached hydrogen (secondary N) is 1. The van der Waals surface area contributed by atoms with Gasteiger partial charge in [-0.3, -0.25) is 9.69 Å². The second kappa shape index (κ2) is 5.69. The van der Waals surface area contributed by atoms with Gasteiger partial charge in [-0.2, -0.15) is 0 Å². The molecule has 0 aliphatic carbocycles. The van der Waals surface area contributed by atoms with Crippen molar-refractivity contribution in [2.75, 3.05) is 25.0 Å². The predicted molar refractivity (Wildman–Crippen MR) is 73.9 cm³/mol. The molecule has 18 heavy (non-hydrogen) atoms. The largest absolute Gasteiger partial charge is 0.326 e. The normalized spacial score (nSPS) is 20.1. The lowest BCUT2D eigenvalue weighted by atomic mass is 10.2. The van der Waals surface area contributed by atoms with Gasteiger partial charge >= 0.3 is 0 Å². The van der Waals surface area contributed by atoms with Gasteiger partial charge in [0.05, 0.1) is 6.54 Å². The minimum Gasteiger partial charge on any atom is -0.326 e. The van der Waals surface area contributed by atoms with Crippen LogP contribution < -0.4 is 11.1 Å². The second-order valence-corrected chi connectivity index (χ2v) is 5.23. The van der Waals surface area contributed by atoms with Crippen LogP contribution in [-0.2, 0) is 4.79 Å². The van der Waals surface area contributed by atoms with Crippen LogP contribution in [0.5, 0.6) is 0 Å². The monoisotopic (exact) mass is 267 g/mol. The Bertz CT molecular complexity index is 450. The highest BCUT2D eigenvalue weighted by Crippen LogP contribution is 2.20. The Hall–Kier alpha value is -1.10. The highest BCUT2D eigenvalue weighted by Gasteiger charge is 2.21. The molecule has 1 aliphatic heterocycles. The zero-order chi connectivity index (χ0) is 13.1. The lowest BCUT2D eigenvalue weighted by molar-refractivity contribution is -0.117. The van der Waals surface area contributed by atoms with Gasteiger partial charge in [-0.15, -0.1) is 0 Å². The first-order valence-corrected chi connectivity index (χ1v) is 6.46. The number of likely N-dealkylation sites (tertiary alicyclic amines) is 1. The Labute approximate surface area is 112 Å². The van der Waals surface area contributed by atoms with E-state index in [0.29, 0.717) is 11.6 Å². The number of aryl methyl sites for hydroxylation is 1. The first kappa shape index (κ1) is 13.3. The summed E-state index contributed by atoms with van der Waals surface area (Å²) < 4.78 is 0. The average Bonchev–Trinajstić information content (AvgIpc) is 2.69. The van der Waals surface area contributed by atoms with Crippen LogP contribution in [0.4, 0.5) is 5.69 Å². The summed E-state index contributed by atoms with van der Waals surface area (Å²) in [5.41, 5.74) is 7.59. The quantitative estimate of drug-likeness (QED) is 0.875. The summed E-state index contributed by atoms with van der Waals surface area (Å²) in [5.74, 6) is -0.0190. The van der Waals surface area contributed by atoms with Crippen molar-refractivity contribution < 1.29 is 4.79 Å². The molecule has 1 atom stereocenters. The van der Waals surface area contributed by atoms with Gasteiger partial charge in [0.25, 0.3) is 0 Å². The van der Waals surface area contributed by atoms with Gasteiger partial charge in [0.2, 0.25) is 5.91 Å². The maximum Gasteiger partial charge on any atom is 0.238 e. The Balaban J connectivity index is 1.92. The highest BCUT2D eigenvalue weighted by atomic mass is 35.5. The molecule has 2 rings (SSSR count). The molecule has 1 amide bonds. The maximum absolute atomic E-state index is 11.9. The minimum atomic E-state index is -0.0190. The molecular weight excluding hydrogens is 250 g/mol. The zero-order valence-corrected chi connectivity index (χ0v) is 11.2. The molecule has 0 bridgehead atoms. The van der Waals surface area contributed by atoms with Crippen molar-refractivity contribution in [3.63, 3.8) is 0 Å². The number of rotatable bonds is 3. The number of hydrogen-bond donors (Lipinski definition) is 2. The van der Waals surface area contributed by atoms with Crippen molar-refractivity contribution in [2.45, 2.75) is 19.4 Å². The standard InChI is InChI=1S/C13H18ClN3O/c1-9-2-3-10(14)6-12(9)16-13(18)8-17-5-4-11(15)7-17/h2-3,6,11H,4-5,7-8,15H2,1H3,(H,16,18). The van der Waals surface area contributed by atoms with Crippen molar-refractivity contribution in [1.29, 1.82) is 0 Å². The number of benzene rings is 1. The van der Waals surface area contributed by atoms with E-state index in [-0.39, 0.29) is 11.9 Å². The summed E-state index contributed by atoms with van der Waals surface area (Å²) in [6, 6.07) is 5.67. The average molecular weight is 268 g/mol. The van der Waals surface area contributed by atoms with E-state index in [1.165, 1.54) is 0 Å². The summed E-state index contributed by atoms with van der Waals surface area (Å²) in [7, 11) is 0. The Morgan fingerprint density at radius 3 is 3.06 bits per heavy atom. The minimum absolute atomic E-state index is 0.0190. The molecule has 0 aromatic heterocycles. The number of carbonyl (C=O) groups is 1. The number of amides is 1. The van der Waals surface area contributed by atoms with Gasteiger partial charge in [-0.25, -0.2) is 0 Å². The van der Waals surface area contributed by atoms with E-state index in [9.17, 15) is 4.79 Å². The van der Waals surface area contributed by atoms with E-state index in [4.69, 9.17) is 17.3 Å². The van der Waals surface area contributed by atoms with Gasteiger partial charge in [0, 0.05) is 29.8 Å². The smallest absolute Gasteiger partial charge is 0.238 e. The fourth-order valence-corrected chi connectivity index (χ4v) is 2.30. The molecule has 1 aromatic rings. The Morgan fingerprint density at radius 1 is 1.61 bits per heavy atom. The van der Waals surface area contributed by atoms with Gasteiger partial charge in [0.1, 0.15) is 0 Å². The summed E-state index contributed by atoms with van der Waals surface area (Å²) in [5, 5.41) is 3.51. The Morgan fingerprint density at radius 2 is 2.39 bits per heavy atom. The van der Waals surface area contributed by atoms with Crippen molar-refractivity contribution in [3.8, 4) is 0 Å². The molecule has 0 spiro atoms. The molecule has 3 N–H and O–H groups in total. The molecule has 1 unspecified atom stereocenters. The fraction of sp³-hybridized carbons (Fsp3) is 0.462. The third-order valence-electron chi connectivity index (χ3n) is 3.15. The van der Waals surface area contributed by atoms with E-state index in [2.05, 4.69) is 10.2 Å². The van der Waals surface area contributed by atoms with Crippen LogP contribution in [-0.4, -0.2) is 36.5 Å². The van der Waals surface area contributed by atoms with Crippen LogP contribution in [0.1, 0.15) is 12.0 Å². The number of carbonyl (C=O) groups excluding carboxylic acids is 1. The summed E-state index contributed by atoms with van der Waals surface area (Å²) in [4.78, 5) is 14.0. The van der Waals surface area contributed by atoms with Crippen molar-refractivity contribution in [1.82, 2.24) is 4.90 Å². The number of nitrogens with zero attached hydrogens (tertiary/aromatic N) is 1. The number of hydrogen-bond acceptors (Lipinski definition) is 3. The third-order valence-corrected chi connectivity index (χ3v) is 3.38. The van der Waals surface area contributed by atoms with Crippen LogP contribution in [0.2, 0.25) is 5.02 Å². The third kappa shape index (κ3) is 3.45. The van der Waals surface area contributed by atoms with E-state index >= 15 is 0 Å². The molecule has 4 nitrogen and oxygen atoms in total. The predicted octanol–water partition coefficient (Wildman–Crippen LogP) is 1.62. The van der Waals surface area contributed by atoms with Gasteiger partial charge in [0.15, 0.2) is 0 Å². The molecule has 5 heteroatoms. The molecule has 1 saturated heterocycles. The molecule has 0 radical (unpaired) electrons.